The van der Waals surface area contributed by atoms with E-state index in [0.717, 1.165) is 10.8 Å². The molecule has 1 aromatic heterocycles. The van der Waals surface area contributed by atoms with Crippen molar-refractivity contribution in [2.45, 2.75) is 16.7 Å². The van der Waals surface area contributed by atoms with Crippen molar-refractivity contribution in [2.24, 2.45) is 0 Å². The first-order chi connectivity index (χ1) is 13.9. The van der Waals surface area contributed by atoms with E-state index in [4.69, 9.17) is 0 Å². The van der Waals surface area contributed by atoms with Crippen LogP contribution in [-0.4, -0.2) is 19.3 Å². The van der Waals surface area contributed by atoms with Crippen molar-refractivity contribution in [3.63, 3.8) is 0 Å². The molecule has 0 atom stereocenters. The van der Waals surface area contributed by atoms with Crippen molar-refractivity contribution >= 4 is 32.2 Å². The van der Waals surface area contributed by atoms with Gasteiger partial charge in [0.05, 0.1) is 9.79 Å². The summed E-state index contributed by atoms with van der Waals surface area (Å²) in [5.41, 5.74) is 1.48. The van der Waals surface area contributed by atoms with Gasteiger partial charge in [0.15, 0.2) is 0 Å². The standard InChI is InChI=1S/C23H18N2O3S/c1-16-13-20(29(27,28)19-9-3-2-4-10-19)11-12-21(16)25-23(26)22-14-17-7-5-6-8-18(17)15-24-22/h2-15H,1H3,(H,25,26). The highest BCUT2D eigenvalue weighted by Crippen LogP contribution is 2.25. The third-order valence-electron chi connectivity index (χ3n) is 4.67. The maximum atomic E-state index is 12.8. The molecule has 4 aromatic rings. The van der Waals surface area contributed by atoms with E-state index in [1.807, 2.05) is 24.3 Å². The Hall–Kier alpha value is -3.51. The average Bonchev–Trinajstić information content (AvgIpc) is 2.75. The highest BCUT2D eigenvalue weighted by Gasteiger charge is 2.18. The predicted molar refractivity (Wildman–Crippen MR) is 113 cm³/mol. The molecule has 5 nitrogen and oxygen atoms in total. The molecule has 0 spiro atoms. The lowest BCUT2D eigenvalue weighted by atomic mass is 10.1. The molecule has 29 heavy (non-hydrogen) atoms. The zero-order chi connectivity index (χ0) is 20.4. The molecule has 0 saturated carbocycles. The first-order valence-corrected chi connectivity index (χ1v) is 10.5. The van der Waals surface area contributed by atoms with Crippen LogP contribution < -0.4 is 5.32 Å². The third kappa shape index (κ3) is 3.75. The number of sulfone groups is 1. The number of hydrogen-bond donors (Lipinski definition) is 1. The van der Waals surface area contributed by atoms with Gasteiger partial charge in [-0.05, 0) is 54.3 Å². The van der Waals surface area contributed by atoms with Gasteiger partial charge in [-0.3, -0.25) is 9.78 Å². The van der Waals surface area contributed by atoms with Gasteiger partial charge in [0.1, 0.15) is 5.69 Å². The number of carbonyl (C=O) groups is 1. The lowest BCUT2D eigenvalue weighted by Gasteiger charge is -2.11. The Balaban J connectivity index is 1.60. The van der Waals surface area contributed by atoms with Gasteiger partial charge in [-0.2, -0.15) is 0 Å². The molecule has 6 heteroatoms. The molecule has 0 aliphatic heterocycles. The Kier molecular flexibility index (Phi) is 4.86. The normalized spacial score (nSPS) is 11.3. The van der Waals surface area contributed by atoms with E-state index < -0.39 is 9.84 Å². The number of amides is 1. The Morgan fingerprint density at radius 2 is 1.52 bits per heavy atom. The Morgan fingerprint density at radius 3 is 2.24 bits per heavy atom. The number of aromatic nitrogens is 1. The van der Waals surface area contributed by atoms with E-state index in [1.54, 1.807) is 61.7 Å². The van der Waals surface area contributed by atoms with E-state index in [1.165, 1.54) is 6.07 Å². The van der Waals surface area contributed by atoms with Gasteiger partial charge in [0, 0.05) is 17.3 Å². The molecule has 4 rings (SSSR count). The van der Waals surface area contributed by atoms with Crippen LogP contribution in [0.4, 0.5) is 5.69 Å². The Bertz CT molecular complexity index is 1320. The van der Waals surface area contributed by atoms with Crippen molar-refractivity contribution in [1.29, 1.82) is 0 Å². The minimum Gasteiger partial charge on any atom is -0.320 e. The fourth-order valence-corrected chi connectivity index (χ4v) is 4.44. The minimum atomic E-state index is -3.61. The van der Waals surface area contributed by atoms with E-state index in [2.05, 4.69) is 10.3 Å². The number of pyridine rings is 1. The van der Waals surface area contributed by atoms with E-state index in [0.29, 0.717) is 16.9 Å². The van der Waals surface area contributed by atoms with Crippen LogP contribution in [0.5, 0.6) is 0 Å². The highest BCUT2D eigenvalue weighted by molar-refractivity contribution is 7.91. The zero-order valence-corrected chi connectivity index (χ0v) is 16.5. The van der Waals surface area contributed by atoms with Crippen LogP contribution >= 0.6 is 0 Å². The molecule has 0 aliphatic rings. The second-order valence-electron chi connectivity index (χ2n) is 6.66. The largest absolute Gasteiger partial charge is 0.320 e. The molecule has 0 aliphatic carbocycles. The lowest BCUT2D eigenvalue weighted by molar-refractivity contribution is 0.102. The van der Waals surface area contributed by atoms with Crippen molar-refractivity contribution in [3.8, 4) is 0 Å². The average molecular weight is 402 g/mol. The maximum Gasteiger partial charge on any atom is 0.274 e. The summed E-state index contributed by atoms with van der Waals surface area (Å²) in [6.45, 7) is 1.76. The molecule has 144 valence electrons. The molecule has 0 saturated heterocycles. The quantitative estimate of drug-likeness (QED) is 0.540. The summed E-state index contributed by atoms with van der Waals surface area (Å²) in [4.78, 5) is 17.3. The summed E-state index contributed by atoms with van der Waals surface area (Å²) in [7, 11) is -3.61. The second kappa shape index (κ2) is 7.48. The van der Waals surface area contributed by atoms with E-state index in [-0.39, 0.29) is 15.7 Å². The molecule has 3 aromatic carbocycles. The molecule has 0 bridgehead atoms. The number of nitrogens with zero attached hydrogens (tertiary/aromatic N) is 1. The van der Waals surface area contributed by atoms with Crippen molar-refractivity contribution in [3.05, 3.63) is 96.3 Å². The topological polar surface area (TPSA) is 76.1 Å². The highest BCUT2D eigenvalue weighted by atomic mass is 32.2. The number of rotatable bonds is 4. The summed E-state index contributed by atoms with van der Waals surface area (Å²) in [6, 6.07) is 22.3. The molecule has 1 heterocycles. The number of benzene rings is 3. The SMILES string of the molecule is Cc1cc(S(=O)(=O)c2ccccc2)ccc1NC(=O)c1cc2ccccc2cn1. The summed E-state index contributed by atoms with van der Waals surface area (Å²) in [6.07, 6.45) is 1.66. The summed E-state index contributed by atoms with van der Waals surface area (Å²) in [5, 5.41) is 4.69. The number of aryl methyl sites for hydroxylation is 1. The van der Waals surface area contributed by atoms with Gasteiger partial charge in [0.25, 0.3) is 5.91 Å². The fraction of sp³-hybridized carbons (Fsp3) is 0.0435. The van der Waals surface area contributed by atoms with Gasteiger partial charge < -0.3 is 5.32 Å². The Morgan fingerprint density at radius 1 is 0.828 bits per heavy atom. The molecular weight excluding hydrogens is 384 g/mol. The summed E-state index contributed by atoms with van der Waals surface area (Å²) < 4.78 is 25.5. The van der Waals surface area contributed by atoms with E-state index in [9.17, 15) is 13.2 Å². The van der Waals surface area contributed by atoms with Crippen molar-refractivity contribution in [1.82, 2.24) is 4.98 Å². The number of hydrogen-bond acceptors (Lipinski definition) is 4. The molecule has 1 N–H and O–H groups in total. The Labute approximate surface area is 169 Å². The lowest BCUT2D eigenvalue weighted by Crippen LogP contribution is -2.14. The number of nitrogens with one attached hydrogen (secondary N) is 1. The fourth-order valence-electron chi connectivity index (χ4n) is 3.07. The third-order valence-corrected chi connectivity index (χ3v) is 6.44. The minimum absolute atomic E-state index is 0.183. The molecule has 0 radical (unpaired) electrons. The van der Waals surface area contributed by atoms with Crippen LogP contribution in [0.25, 0.3) is 10.8 Å². The number of fused-ring (bicyclic) bond motifs is 1. The smallest absolute Gasteiger partial charge is 0.274 e. The van der Waals surface area contributed by atoms with Crippen LogP contribution in [0.15, 0.2) is 94.9 Å². The summed E-state index contributed by atoms with van der Waals surface area (Å²) in [5.74, 6) is -0.350. The molecule has 1 amide bonds. The van der Waals surface area contributed by atoms with Crippen LogP contribution in [0.1, 0.15) is 16.1 Å². The summed E-state index contributed by atoms with van der Waals surface area (Å²) >= 11 is 0. The number of carbonyl (C=O) groups excluding carboxylic acids is 1. The van der Waals surface area contributed by atoms with Gasteiger partial charge >= 0.3 is 0 Å². The second-order valence-corrected chi connectivity index (χ2v) is 8.61. The van der Waals surface area contributed by atoms with E-state index >= 15 is 0 Å². The molecular formula is C23H18N2O3S. The van der Waals surface area contributed by atoms with Crippen LogP contribution in [0.2, 0.25) is 0 Å². The van der Waals surface area contributed by atoms with Gasteiger partial charge in [-0.1, -0.05) is 42.5 Å². The van der Waals surface area contributed by atoms with Gasteiger partial charge in [-0.15, -0.1) is 0 Å². The predicted octanol–water partition coefficient (Wildman–Crippen LogP) is 4.63. The van der Waals surface area contributed by atoms with Crippen LogP contribution in [0.3, 0.4) is 0 Å². The monoisotopic (exact) mass is 402 g/mol. The number of anilines is 1. The maximum absolute atomic E-state index is 12.8. The van der Waals surface area contributed by atoms with Crippen LogP contribution in [0, 0.1) is 6.92 Å². The van der Waals surface area contributed by atoms with Gasteiger partial charge in [0.2, 0.25) is 9.84 Å². The molecule has 0 unspecified atom stereocenters. The van der Waals surface area contributed by atoms with Crippen LogP contribution in [-0.2, 0) is 9.84 Å². The first-order valence-electron chi connectivity index (χ1n) is 9.02. The van der Waals surface area contributed by atoms with Crippen molar-refractivity contribution < 1.29 is 13.2 Å². The molecule has 0 fully saturated rings. The zero-order valence-electron chi connectivity index (χ0n) is 15.7. The first kappa shape index (κ1) is 18.8. The van der Waals surface area contributed by atoms with Crippen molar-refractivity contribution in [2.75, 3.05) is 5.32 Å². The van der Waals surface area contributed by atoms with Gasteiger partial charge in [-0.25, -0.2) is 8.42 Å².